The summed E-state index contributed by atoms with van der Waals surface area (Å²) in [6.07, 6.45) is 1.45. The maximum absolute atomic E-state index is 13.0. The summed E-state index contributed by atoms with van der Waals surface area (Å²) < 4.78 is 10.9. The van der Waals surface area contributed by atoms with Crippen molar-refractivity contribution >= 4 is 35.3 Å². The van der Waals surface area contributed by atoms with Crippen molar-refractivity contribution in [2.45, 2.75) is 0 Å². The normalized spacial score (nSPS) is 18.6. The Kier molecular flexibility index (Phi) is 5.49. The minimum absolute atomic E-state index is 0.143. The van der Waals surface area contributed by atoms with Gasteiger partial charge in [0.25, 0.3) is 11.8 Å². The molecule has 0 saturated carbocycles. The number of ether oxygens (including phenoxy) is 2. The number of benzene rings is 2. The van der Waals surface area contributed by atoms with Crippen LogP contribution < -0.4 is 19.9 Å². The standard InChI is InChI=1S/C22H21N3O5/c1-29-19-14-17(24-9-11-30-12-10-24)8-7-15(19)13-18-20(26)23-22(28)25(21(18)27)16-5-3-2-4-6-16/h2-8,13-14H,9-12H2,1H3,(H,23,26,28)/b18-13+. The van der Waals surface area contributed by atoms with E-state index >= 15 is 0 Å². The highest BCUT2D eigenvalue weighted by Crippen LogP contribution is 2.29. The van der Waals surface area contributed by atoms with Crippen LogP contribution in [0.5, 0.6) is 5.75 Å². The second kappa shape index (κ2) is 8.38. The fraction of sp³-hybridized carbons (Fsp3) is 0.227. The molecule has 0 unspecified atom stereocenters. The largest absolute Gasteiger partial charge is 0.496 e. The fourth-order valence-electron chi connectivity index (χ4n) is 3.46. The molecule has 0 radical (unpaired) electrons. The third-order valence-electron chi connectivity index (χ3n) is 5.01. The molecule has 154 valence electrons. The topological polar surface area (TPSA) is 88.2 Å². The first-order valence-corrected chi connectivity index (χ1v) is 9.56. The van der Waals surface area contributed by atoms with Crippen molar-refractivity contribution < 1.29 is 23.9 Å². The lowest BCUT2D eigenvalue weighted by atomic mass is 10.1. The van der Waals surface area contributed by atoms with Crippen LogP contribution in [0, 0.1) is 0 Å². The van der Waals surface area contributed by atoms with E-state index in [1.54, 1.807) is 36.4 Å². The summed E-state index contributed by atoms with van der Waals surface area (Å²) in [5.41, 5.74) is 1.78. The molecule has 2 aliphatic heterocycles. The van der Waals surface area contributed by atoms with Gasteiger partial charge in [-0.3, -0.25) is 14.9 Å². The van der Waals surface area contributed by atoms with E-state index in [2.05, 4.69) is 10.2 Å². The highest BCUT2D eigenvalue weighted by molar-refractivity contribution is 6.39. The second-order valence-electron chi connectivity index (χ2n) is 6.82. The Labute approximate surface area is 173 Å². The van der Waals surface area contributed by atoms with Crippen LogP contribution in [0.1, 0.15) is 5.56 Å². The summed E-state index contributed by atoms with van der Waals surface area (Å²) in [4.78, 5) is 40.8. The molecule has 2 aromatic rings. The monoisotopic (exact) mass is 407 g/mol. The van der Waals surface area contributed by atoms with Gasteiger partial charge in [0.05, 0.1) is 26.0 Å². The van der Waals surface area contributed by atoms with Crippen molar-refractivity contribution in [3.05, 3.63) is 59.7 Å². The van der Waals surface area contributed by atoms with Gasteiger partial charge in [0.15, 0.2) is 0 Å². The lowest BCUT2D eigenvalue weighted by Gasteiger charge is -2.29. The van der Waals surface area contributed by atoms with Gasteiger partial charge < -0.3 is 14.4 Å². The average molecular weight is 407 g/mol. The third-order valence-corrected chi connectivity index (χ3v) is 5.01. The number of hydrogen-bond acceptors (Lipinski definition) is 6. The van der Waals surface area contributed by atoms with Gasteiger partial charge in [-0.15, -0.1) is 0 Å². The van der Waals surface area contributed by atoms with Crippen LogP contribution in [-0.2, 0) is 14.3 Å². The molecule has 4 amide bonds. The number of morpholine rings is 1. The number of nitrogens with one attached hydrogen (secondary N) is 1. The van der Waals surface area contributed by atoms with Crippen LogP contribution in [0.25, 0.3) is 6.08 Å². The molecule has 1 N–H and O–H groups in total. The van der Waals surface area contributed by atoms with Crippen molar-refractivity contribution in [2.75, 3.05) is 43.2 Å². The number of urea groups is 1. The first-order valence-electron chi connectivity index (χ1n) is 9.56. The number of rotatable bonds is 4. The summed E-state index contributed by atoms with van der Waals surface area (Å²) in [6.45, 7) is 2.87. The Hall–Kier alpha value is -3.65. The smallest absolute Gasteiger partial charge is 0.335 e. The Morgan fingerprint density at radius 3 is 2.43 bits per heavy atom. The van der Waals surface area contributed by atoms with Gasteiger partial charge in [-0.1, -0.05) is 18.2 Å². The van der Waals surface area contributed by atoms with Crippen molar-refractivity contribution in [2.24, 2.45) is 0 Å². The molecule has 0 aliphatic carbocycles. The highest BCUT2D eigenvalue weighted by Gasteiger charge is 2.36. The number of anilines is 2. The minimum atomic E-state index is -0.775. The molecule has 0 aromatic heterocycles. The number of amides is 4. The molecular formula is C22H21N3O5. The van der Waals surface area contributed by atoms with Crippen LogP contribution in [0.15, 0.2) is 54.1 Å². The van der Waals surface area contributed by atoms with Crippen LogP contribution in [0.3, 0.4) is 0 Å². The Morgan fingerprint density at radius 2 is 1.73 bits per heavy atom. The van der Waals surface area contributed by atoms with Crippen LogP contribution in [0.4, 0.5) is 16.2 Å². The summed E-state index contributed by atoms with van der Waals surface area (Å²) in [6, 6.07) is 13.2. The van der Waals surface area contributed by atoms with Gasteiger partial charge in [-0.2, -0.15) is 0 Å². The first-order chi connectivity index (χ1) is 14.6. The van der Waals surface area contributed by atoms with Crippen LogP contribution in [-0.4, -0.2) is 51.3 Å². The number of nitrogens with zero attached hydrogens (tertiary/aromatic N) is 2. The first kappa shape index (κ1) is 19.7. The number of para-hydroxylation sites is 1. The lowest BCUT2D eigenvalue weighted by molar-refractivity contribution is -0.122. The summed E-state index contributed by atoms with van der Waals surface area (Å²) in [5.74, 6) is -0.902. The van der Waals surface area contributed by atoms with E-state index in [0.29, 0.717) is 30.2 Å². The van der Waals surface area contributed by atoms with Gasteiger partial charge >= 0.3 is 6.03 Å². The molecule has 2 aliphatic rings. The van der Waals surface area contributed by atoms with E-state index in [1.807, 2.05) is 12.1 Å². The number of methoxy groups -OCH3 is 1. The minimum Gasteiger partial charge on any atom is -0.496 e. The van der Waals surface area contributed by atoms with Gasteiger partial charge in [-0.05, 0) is 30.3 Å². The second-order valence-corrected chi connectivity index (χ2v) is 6.82. The van der Waals surface area contributed by atoms with Crippen molar-refractivity contribution in [1.29, 1.82) is 0 Å². The van der Waals surface area contributed by atoms with Crippen LogP contribution in [0.2, 0.25) is 0 Å². The Balaban J connectivity index is 1.68. The average Bonchev–Trinajstić information content (AvgIpc) is 2.78. The van der Waals surface area contributed by atoms with E-state index in [0.717, 1.165) is 23.7 Å². The molecule has 2 saturated heterocycles. The third kappa shape index (κ3) is 3.77. The van der Waals surface area contributed by atoms with E-state index < -0.39 is 17.8 Å². The van der Waals surface area contributed by atoms with Crippen LogP contribution >= 0.6 is 0 Å². The number of carbonyl (C=O) groups excluding carboxylic acids is 3. The molecular weight excluding hydrogens is 386 g/mol. The summed E-state index contributed by atoms with van der Waals surface area (Å²) in [5, 5.41) is 2.23. The number of imide groups is 2. The number of carbonyl (C=O) groups is 3. The quantitative estimate of drug-likeness (QED) is 0.618. The predicted octanol–water partition coefficient (Wildman–Crippen LogP) is 2.20. The zero-order valence-electron chi connectivity index (χ0n) is 16.5. The molecule has 8 nitrogen and oxygen atoms in total. The van der Waals surface area contributed by atoms with Gasteiger partial charge in [-0.25, -0.2) is 9.69 Å². The van der Waals surface area contributed by atoms with E-state index in [9.17, 15) is 14.4 Å². The fourth-order valence-corrected chi connectivity index (χ4v) is 3.46. The van der Waals surface area contributed by atoms with E-state index in [1.165, 1.54) is 13.2 Å². The van der Waals surface area contributed by atoms with Crippen molar-refractivity contribution in [3.8, 4) is 5.75 Å². The van der Waals surface area contributed by atoms with E-state index in [4.69, 9.17) is 9.47 Å². The lowest BCUT2D eigenvalue weighted by Crippen LogP contribution is -2.54. The summed E-state index contributed by atoms with van der Waals surface area (Å²) >= 11 is 0. The maximum Gasteiger partial charge on any atom is 0.335 e. The molecule has 2 heterocycles. The molecule has 0 spiro atoms. The number of hydrogen-bond donors (Lipinski definition) is 1. The maximum atomic E-state index is 13.0. The summed E-state index contributed by atoms with van der Waals surface area (Å²) in [7, 11) is 1.53. The molecule has 0 bridgehead atoms. The molecule has 30 heavy (non-hydrogen) atoms. The number of barbiturate groups is 1. The van der Waals surface area contributed by atoms with Gasteiger partial charge in [0.1, 0.15) is 11.3 Å². The zero-order chi connectivity index (χ0) is 21.1. The molecule has 2 fully saturated rings. The van der Waals surface area contributed by atoms with Gasteiger partial charge in [0.2, 0.25) is 0 Å². The van der Waals surface area contributed by atoms with E-state index in [-0.39, 0.29) is 5.57 Å². The predicted molar refractivity (Wildman–Crippen MR) is 111 cm³/mol. The molecule has 2 aromatic carbocycles. The Bertz CT molecular complexity index is 1010. The SMILES string of the molecule is COc1cc(N2CCOCC2)ccc1/C=C1\C(=O)NC(=O)N(c2ccccc2)C1=O. The van der Waals surface area contributed by atoms with Crippen molar-refractivity contribution in [3.63, 3.8) is 0 Å². The molecule has 0 atom stereocenters. The van der Waals surface area contributed by atoms with Crippen molar-refractivity contribution in [1.82, 2.24) is 5.32 Å². The van der Waals surface area contributed by atoms with Gasteiger partial charge in [0, 0.05) is 30.4 Å². The highest BCUT2D eigenvalue weighted by atomic mass is 16.5. The zero-order valence-corrected chi connectivity index (χ0v) is 16.5. The Morgan fingerprint density at radius 1 is 1.00 bits per heavy atom. The molecule has 8 heteroatoms. The molecule has 4 rings (SSSR count).